The van der Waals surface area contributed by atoms with Crippen LogP contribution in [0.2, 0.25) is 0 Å². The van der Waals surface area contributed by atoms with Gasteiger partial charge in [0.1, 0.15) is 0 Å². The van der Waals surface area contributed by atoms with Crippen LogP contribution < -0.4 is 5.32 Å². The van der Waals surface area contributed by atoms with Gasteiger partial charge in [-0.3, -0.25) is 10.1 Å². The van der Waals surface area contributed by atoms with Crippen molar-refractivity contribution in [3.8, 4) is 0 Å². The zero-order chi connectivity index (χ0) is 11.4. The van der Waals surface area contributed by atoms with Gasteiger partial charge >= 0.3 is 0 Å². The van der Waals surface area contributed by atoms with Crippen LogP contribution in [0.25, 0.3) is 10.9 Å². The minimum Gasteiger partial charge on any atom is -0.291 e. The first kappa shape index (κ1) is 10.3. The summed E-state index contributed by atoms with van der Waals surface area (Å²) >= 11 is 0. The van der Waals surface area contributed by atoms with Crippen LogP contribution in [0, 0.1) is 0 Å². The van der Waals surface area contributed by atoms with Crippen LogP contribution in [-0.4, -0.2) is 15.9 Å². The predicted octanol–water partition coefficient (Wildman–Crippen LogP) is 2.14. The molecule has 1 N–H and O–H groups in total. The third-order valence-electron chi connectivity index (χ3n) is 2.04. The fourth-order valence-corrected chi connectivity index (χ4v) is 1.34. The number of para-hydroxylation sites is 1. The van der Waals surface area contributed by atoms with Crippen molar-refractivity contribution >= 4 is 22.8 Å². The van der Waals surface area contributed by atoms with E-state index < -0.39 is 0 Å². The second-order valence-electron chi connectivity index (χ2n) is 3.24. The molecule has 16 heavy (non-hydrogen) atoms. The fraction of sp³-hybridized carbons (Fsp3) is 0.0833. The predicted molar refractivity (Wildman–Crippen MR) is 63.0 cm³/mol. The summed E-state index contributed by atoms with van der Waals surface area (Å²) in [6, 6.07) is 7.62. The minimum atomic E-state index is -0.224. The molecule has 0 aliphatic rings. The first-order valence-electron chi connectivity index (χ1n) is 4.95. The van der Waals surface area contributed by atoms with E-state index in [9.17, 15) is 4.79 Å². The summed E-state index contributed by atoms with van der Waals surface area (Å²) in [5.74, 6) is 0.0968. The third-order valence-corrected chi connectivity index (χ3v) is 2.04. The van der Waals surface area contributed by atoms with Gasteiger partial charge < -0.3 is 0 Å². The van der Waals surface area contributed by atoms with Crippen molar-refractivity contribution in [3.63, 3.8) is 0 Å². The first-order valence-corrected chi connectivity index (χ1v) is 4.95. The molecule has 0 saturated heterocycles. The maximum Gasteiger partial charge on any atom is 0.250 e. The van der Waals surface area contributed by atoms with Crippen molar-refractivity contribution in [2.45, 2.75) is 6.92 Å². The Hall–Kier alpha value is -2.23. The molecule has 0 radical (unpaired) electrons. The number of hydrogen-bond acceptors (Lipinski definition) is 3. The van der Waals surface area contributed by atoms with Crippen molar-refractivity contribution in [2.24, 2.45) is 0 Å². The summed E-state index contributed by atoms with van der Waals surface area (Å²) < 4.78 is 0. The van der Waals surface area contributed by atoms with Crippen LogP contribution >= 0.6 is 0 Å². The maximum absolute atomic E-state index is 11.3. The standard InChI is InChI=1S/C12H11N3O/c1-2-5-11(16)15-12-13-8-9-6-3-4-7-10(9)14-12/h2-8H,1H3,(H,13,14,15,16). The molecule has 1 amide bonds. The van der Waals surface area contributed by atoms with E-state index in [0.29, 0.717) is 5.95 Å². The number of anilines is 1. The monoisotopic (exact) mass is 213 g/mol. The van der Waals surface area contributed by atoms with E-state index in [-0.39, 0.29) is 5.91 Å². The van der Waals surface area contributed by atoms with Gasteiger partial charge in [-0.2, -0.15) is 0 Å². The van der Waals surface area contributed by atoms with Crippen LogP contribution in [0.15, 0.2) is 42.6 Å². The number of carbonyl (C=O) groups is 1. The Labute approximate surface area is 93.0 Å². The van der Waals surface area contributed by atoms with E-state index in [2.05, 4.69) is 15.3 Å². The molecule has 0 aliphatic heterocycles. The summed E-state index contributed by atoms with van der Waals surface area (Å²) in [6.45, 7) is 1.78. The number of amides is 1. The first-order chi connectivity index (χ1) is 7.79. The maximum atomic E-state index is 11.3. The van der Waals surface area contributed by atoms with Gasteiger partial charge in [0.25, 0.3) is 0 Å². The van der Waals surface area contributed by atoms with Gasteiger partial charge in [0.2, 0.25) is 11.9 Å². The Morgan fingerprint density at radius 2 is 2.19 bits per heavy atom. The highest BCUT2D eigenvalue weighted by Crippen LogP contribution is 2.11. The van der Waals surface area contributed by atoms with Crippen LogP contribution in [0.1, 0.15) is 6.92 Å². The quantitative estimate of drug-likeness (QED) is 0.777. The van der Waals surface area contributed by atoms with Crippen LogP contribution in [0.5, 0.6) is 0 Å². The van der Waals surface area contributed by atoms with Crippen LogP contribution in [0.4, 0.5) is 5.95 Å². The number of fused-ring (bicyclic) bond motifs is 1. The largest absolute Gasteiger partial charge is 0.291 e. The Kier molecular flexibility index (Phi) is 2.91. The number of allylic oxidation sites excluding steroid dienone is 1. The number of rotatable bonds is 2. The average molecular weight is 213 g/mol. The minimum absolute atomic E-state index is 0.224. The number of aromatic nitrogens is 2. The lowest BCUT2D eigenvalue weighted by Gasteiger charge is -2.01. The topological polar surface area (TPSA) is 54.9 Å². The highest BCUT2D eigenvalue weighted by atomic mass is 16.1. The van der Waals surface area contributed by atoms with Crippen molar-refractivity contribution in [3.05, 3.63) is 42.6 Å². The molecule has 0 unspecified atom stereocenters. The molecule has 4 heteroatoms. The Morgan fingerprint density at radius 1 is 1.38 bits per heavy atom. The van der Waals surface area contributed by atoms with Crippen molar-refractivity contribution in [2.75, 3.05) is 5.32 Å². The molecular weight excluding hydrogens is 202 g/mol. The number of nitrogens with one attached hydrogen (secondary N) is 1. The van der Waals surface area contributed by atoms with Crippen LogP contribution in [-0.2, 0) is 4.79 Å². The number of benzene rings is 1. The van der Waals surface area contributed by atoms with E-state index >= 15 is 0 Å². The van der Waals surface area contributed by atoms with E-state index in [1.807, 2.05) is 24.3 Å². The van der Waals surface area contributed by atoms with Gasteiger partial charge in [0.05, 0.1) is 5.52 Å². The summed E-state index contributed by atoms with van der Waals surface area (Å²) in [5, 5.41) is 3.54. The molecule has 1 aromatic heterocycles. The van der Waals surface area contributed by atoms with E-state index in [1.54, 1.807) is 19.2 Å². The molecule has 0 aliphatic carbocycles. The molecule has 4 nitrogen and oxygen atoms in total. The Bertz CT molecular complexity index is 549. The molecule has 0 atom stereocenters. The van der Waals surface area contributed by atoms with Gasteiger partial charge in [-0.05, 0) is 19.1 Å². The molecule has 0 bridgehead atoms. The summed E-state index contributed by atoms with van der Waals surface area (Å²) in [5.41, 5.74) is 0.813. The Balaban J connectivity index is 2.29. The summed E-state index contributed by atoms with van der Waals surface area (Å²) in [4.78, 5) is 19.5. The number of carbonyl (C=O) groups excluding carboxylic acids is 1. The lowest BCUT2D eigenvalue weighted by atomic mass is 10.2. The Morgan fingerprint density at radius 3 is 3.00 bits per heavy atom. The van der Waals surface area contributed by atoms with Gasteiger partial charge in [-0.25, -0.2) is 9.97 Å². The second kappa shape index (κ2) is 4.53. The molecule has 0 fully saturated rings. The third kappa shape index (κ3) is 2.23. The van der Waals surface area contributed by atoms with Crippen molar-refractivity contribution in [1.82, 2.24) is 9.97 Å². The smallest absolute Gasteiger partial charge is 0.250 e. The SMILES string of the molecule is CC=CC(=O)Nc1ncc2ccccc2n1. The summed E-state index contributed by atoms with van der Waals surface area (Å²) in [6.07, 6.45) is 4.78. The highest BCUT2D eigenvalue weighted by molar-refractivity contribution is 5.98. The zero-order valence-electron chi connectivity index (χ0n) is 8.84. The molecule has 1 aromatic carbocycles. The van der Waals surface area contributed by atoms with Crippen LogP contribution in [0.3, 0.4) is 0 Å². The molecule has 1 heterocycles. The molecule has 0 saturated carbocycles. The normalized spacial score (nSPS) is 10.8. The van der Waals surface area contributed by atoms with E-state index in [4.69, 9.17) is 0 Å². The fourth-order valence-electron chi connectivity index (χ4n) is 1.34. The molecule has 0 spiro atoms. The van der Waals surface area contributed by atoms with Crippen molar-refractivity contribution < 1.29 is 4.79 Å². The molecular formula is C12H11N3O. The van der Waals surface area contributed by atoms with E-state index in [1.165, 1.54) is 6.08 Å². The zero-order valence-corrected chi connectivity index (χ0v) is 8.84. The van der Waals surface area contributed by atoms with Gasteiger partial charge in [0.15, 0.2) is 0 Å². The van der Waals surface area contributed by atoms with Gasteiger partial charge in [0, 0.05) is 11.6 Å². The second-order valence-corrected chi connectivity index (χ2v) is 3.24. The molecule has 80 valence electrons. The molecule has 2 rings (SSSR count). The van der Waals surface area contributed by atoms with Gasteiger partial charge in [-0.15, -0.1) is 0 Å². The summed E-state index contributed by atoms with van der Waals surface area (Å²) in [7, 11) is 0. The number of nitrogens with zero attached hydrogens (tertiary/aromatic N) is 2. The average Bonchev–Trinajstić information content (AvgIpc) is 2.29. The lowest BCUT2D eigenvalue weighted by molar-refractivity contribution is -0.111. The van der Waals surface area contributed by atoms with E-state index in [0.717, 1.165) is 10.9 Å². The number of hydrogen-bond donors (Lipinski definition) is 1. The highest BCUT2D eigenvalue weighted by Gasteiger charge is 2.01. The van der Waals surface area contributed by atoms with Crippen molar-refractivity contribution in [1.29, 1.82) is 0 Å². The molecule has 2 aromatic rings. The lowest BCUT2D eigenvalue weighted by Crippen LogP contribution is -2.10. The van der Waals surface area contributed by atoms with Gasteiger partial charge in [-0.1, -0.05) is 24.3 Å².